The molecule has 16 heteroatoms. The second-order valence-electron chi connectivity index (χ2n) is 11.6. The molecule has 6 rings (SSSR count). The lowest BCUT2D eigenvalue weighted by Gasteiger charge is -2.53. The van der Waals surface area contributed by atoms with Crippen LogP contribution in [0.2, 0.25) is 0 Å². The molecule has 5 heterocycles. The molecular formula is C29H33F3N10O3. The maximum absolute atomic E-state index is 13.5. The minimum absolute atomic E-state index is 0.00516. The molecule has 1 aliphatic heterocycles. The third-order valence-electron chi connectivity index (χ3n) is 8.45. The van der Waals surface area contributed by atoms with E-state index in [9.17, 15) is 23.5 Å². The lowest BCUT2D eigenvalue weighted by Crippen LogP contribution is -2.65. The zero-order valence-corrected chi connectivity index (χ0v) is 24.3. The van der Waals surface area contributed by atoms with E-state index in [1.165, 1.54) is 12.4 Å². The Hall–Kier alpha value is -4.17. The number of fused-ring (bicyclic) bond motifs is 1. The van der Waals surface area contributed by atoms with E-state index in [1.54, 1.807) is 6.20 Å². The Bertz CT molecular complexity index is 1650. The topological polar surface area (TPSA) is 174 Å². The van der Waals surface area contributed by atoms with E-state index in [1.807, 2.05) is 23.1 Å². The van der Waals surface area contributed by atoms with Crippen LogP contribution in [0.5, 0.6) is 5.88 Å². The normalized spacial score (nSPS) is 20.9. The fourth-order valence-electron chi connectivity index (χ4n) is 6.14. The monoisotopic (exact) mass is 626 g/mol. The first-order valence-electron chi connectivity index (χ1n) is 14.7. The van der Waals surface area contributed by atoms with E-state index in [0.29, 0.717) is 32.4 Å². The molecule has 0 radical (unpaired) electrons. The highest BCUT2D eigenvalue weighted by atomic mass is 19.4. The number of halogens is 3. The summed E-state index contributed by atoms with van der Waals surface area (Å²) in [7, 11) is 0. The number of nitrogens with one attached hydrogen (secondary N) is 2. The summed E-state index contributed by atoms with van der Waals surface area (Å²) in [4.78, 5) is 21.3. The summed E-state index contributed by atoms with van der Waals surface area (Å²) in [6.07, 6.45) is 4.08. The van der Waals surface area contributed by atoms with Gasteiger partial charge in [-0.15, -0.1) is 0 Å². The summed E-state index contributed by atoms with van der Waals surface area (Å²) in [5.74, 6) is -1.44. The second kappa shape index (κ2) is 12.7. The quantitative estimate of drug-likeness (QED) is 0.192. The van der Waals surface area contributed by atoms with Crippen LogP contribution in [-0.4, -0.2) is 94.3 Å². The highest BCUT2D eigenvalue weighted by molar-refractivity contribution is 5.90. The summed E-state index contributed by atoms with van der Waals surface area (Å²) >= 11 is 0. The first-order chi connectivity index (χ1) is 21.7. The van der Waals surface area contributed by atoms with Crippen molar-refractivity contribution in [3.63, 3.8) is 0 Å². The van der Waals surface area contributed by atoms with E-state index >= 15 is 0 Å². The fourth-order valence-corrected chi connectivity index (χ4v) is 6.14. The molecule has 1 aliphatic carbocycles. The molecule has 0 aromatic carbocycles. The summed E-state index contributed by atoms with van der Waals surface area (Å²) in [5, 5.41) is 36.4. The number of nitriles is 1. The number of nitrogens with zero attached hydrogens (tertiary/aromatic N) is 8. The van der Waals surface area contributed by atoms with Gasteiger partial charge >= 0.3 is 6.18 Å². The molecule has 13 nitrogen and oxygen atoms in total. The van der Waals surface area contributed by atoms with Gasteiger partial charge in [0.05, 0.1) is 42.8 Å². The van der Waals surface area contributed by atoms with Crippen molar-refractivity contribution in [3.05, 3.63) is 48.6 Å². The smallest absolute Gasteiger partial charge is 0.451 e. The fraction of sp³-hybridized carbons (Fsp3) is 0.517. The van der Waals surface area contributed by atoms with Crippen LogP contribution in [0.3, 0.4) is 0 Å². The van der Waals surface area contributed by atoms with Gasteiger partial charge in [0.2, 0.25) is 11.7 Å². The number of hydrogen-bond acceptors (Lipinski definition) is 11. The number of likely N-dealkylation sites (tertiary alicyclic amines) is 1. The molecule has 1 atom stereocenters. The molecule has 0 bridgehead atoms. The van der Waals surface area contributed by atoms with Crippen molar-refractivity contribution in [2.24, 2.45) is 0 Å². The number of ether oxygens (including phenoxy) is 1. The van der Waals surface area contributed by atoms with Gasteiger partial charge in [-0.25, -0.2) is 15.0 Å². The molecule has 2 fully saturated rings. The van der Waals surface area contributed by atoms with Crippen LogP contribution < -0.4 is 10.1 Å². The van der Waals surface area contributed by atoms with Crippen LogP contribution in [0.15, 0.2) is 37.1 Å². The number of hydrogen-bond donors (Lipinski definition) is 4. The Morgan fingerprint density at radius 2 is 2.00 bits per heavy atom. The van der Waals surface area contributed by atoms with Crippen molar-refractivity contribution >= 4 is 11.0 Å². The van der Waals surface area contributed by atoms with Crippen molar-refractivity contribution in [2.75, 3.05) is 26.2 Å². The average molecular weight is 627 g/mol. The zero-order valence-electron chi connectivity index (χ0n) is 24.3. The molecule has 4 aromatic rings. The van der Waals surface area contributed by atoms with Crippen molar-refractivity contribution in [3.8, 4) is 23.2 Å². The van der Waals surface area contributed by atoms with E-state index in [0.717, 1.165) is 35.1 Å². The molecule has 0 spiro atoms. The standard InChI is InChI=1S/C29H33F3N10O3/c30-29(31,32)27-39-19(11-34-12-21(44)14-43)9-24(40-27)45-22-3-1-20(2-4-22)41-15-28(16-41,6-7-33)42-13-18(10-38-42)25-23-5-8-35-26(23)37-17-36-25/h5,8-10,13,17,20-22,34,43-44H,1-4,6,11-12,14-16H2,(H,35,36,37)/t20-,21?,22+. The van der Waals surface area contributed by atoms with Gasteiger partial charge in [0.15, 0.2) is 0 Å². The van der Waals surface area contributed by atoms with Gasteiger partial charge in [0, 0.05) is 61.6 Å². The van der Waals surface area contributed by atoms with Crippen molar-refractivity contribution < 1.29 is 28.1 Å². The first kappa shape index (κ1) is 30.8. The molecule has 4 aromatic heterocycles. The lowest BCUT2D eigenvalue weighted by molar-refractivity contribution is -0.145. The van der Waals surface area contributed by atoms with Crippen LogP contribution in [0.1, 0.15) is 43.6 Å². The summed E-state index contributed by atoms with van der Waals surface area (Å²) in [6, 6.07) is 5.86. The van der Waals surface area contributed by atoms with Crippen LogP contribution in [-0.2, 0) is 18.3 Å². The largest absolute Gasteiger partial charge is 0.474 e. The average Bonchev–Trinajstić information content (AvgIpc) is 3.69. The molecule has 2 aliphatic rings. The number of aromatic amines is 1. The number of H-pyrrole nitrogens is 1. The minimum atomic E-state index is -4.75. The predicted molar refractivity (Wildman–Crippen MR) is 153 cm³/mol. The maximum Gasteiger partial charge on any atom is 0.451 e. The Morgan fingerprint density at radius 3 is 2.73 bits per heavy atom. The molecule has 1 saturated heterocycles. The van der Waals surface area contributed by atoms with Crippen LogP contribution >= 0.6 is 0 Å². The Balaban J connectivity index is 1.07. The van der Waals surface area contributed by atoms with Crippen LogP contribution in [0, 0.1) is 11.3 Å². The number of alkyl halides is 3. The molecule has 238 valence electrons. The number of rotatable bonds is 11. The van der Waals surface area contributed by atoms with Gasteiger partial charge in [0.1, 0.15) is 23.6 Å². The maximum atomic E-state index is 13.5. The molecule has 45 heavy (non-hydrogen) atoms. The van der Waals surface area contributed by atoms with Gasteiger partial charge in [-0.3, -0.25) is 9.58 Å². The SMILES string of the molecule is N#CCC1(n2cc(-c3ncnc4[nH]ccc34)cn2)CN([C@H]2CC[C@@H](Oc3cc(CNCC(O)CO)nc(C(F)(F)F)n3)CC2)C1. The second-order valence-corrected chi connectivity index (χ2v) is 11.6. The third-order valence-corrected chi connectivity index (χ3v) is 8.45. The lowest BCUT2D eigenvalue weighted by atomic mass is 9.82. The first-order valence-corrected chi connectivity index (χ1v) is 14.7. The van der Waals surface area contributed by atoms with Crippen molar-refractivity contribution in [2.45, 2.75) is 68.6 Å². The molecule has 1 saturated carbocycles. The van der Waals surface area contributed by atoms with Gasteiger partial charge in [0.25, 0.3) is 0 Å². The van der Waals surface area contributed by atoms with E-state index < -0.39 is 30.3 Å². The van der Waals surface area contributed by atoms with Gasteiger partial charge in [-0.05, 0) is 31.7 Å². The Morgan fingerprint density at radius 1 is 1.20 bits per heavy atom. The summed E-state index contributed by atoms with van der Waals surface area (Å²) < 4.78 is 48.2. The van der Waals surface area contributed by atoms with Crippen molar-refractivity contribution in [1.82, 2.24) is 44.9 Å². The van der Waals surface area contributed by atoms with Gasteiger partial charge < -0.3 is 25.3 Å². The molecular weight excluding hydrogens is 593 g/mol. The highest BCUT2D eigenvalue weighted by Gasteiger charge is 2.48. The van der Waals surface area contributed by atoms with E-state index in [-0.39, 0.29) is 36.8 Å². The Labute approximate surface area is 256 Å². The number of aliphatic hydroxyl groups excluding tert-OH is 2. The van der Waals surface area contributed by atoms with Gasteiger partial charge in [-0.1, -0.05) is 0 Å². The van der Waals surface area contributed by atoms with Crippen LogP contribution in [0.4, 0.5) is 13.2 Å². The van der Waals surface area contributed by atoms with E-state index in [2.05, 4.69) is 46.3 Å². The third kappa shape index (κ3) is 6.61. The molecule has 0 amide bonds. The summed E-state index contributed by atoms with van der Waals surface area (Å²) in [5.41, 5.74) is 1.96. The minimum Gasteiger partial charge on any atom is -0.474 e. The molecule has 1 unspecified atom stereocenters. The molecule has 4 N–H and O–H groups in total. The summed E-state index contributed by atoms with van der Waals surface area (Å²) in [6.45, 7) is 0.782. The van der Waals surface area contributed by atoms with E-state index in [4.69, 9.17) is 9.84 Å². The number of aromatic nitrogens is 7. The van der Waals surface area contributed by atoms with Gasteiger partial charge in [-0.2, -0.15) is 28.5 Å². The highest BCUT2D eigenvalue weighted by Crippen LogP contribution is 2.39. The Kier molecular flexibility index (Phi) is 8.69. The number of aliphatic hydroxyl groups is 2. The van der Waals surface area contributed by atoms with Crippen molar-refractivity contribution in [1.29, 1.82) is 5.26 Å². The zero-order chi connectivity index (χ0) is 31.6. The van der Waals surface area contributed by atoms with Crippen LogP contribution in [0.25, 0.3) is 22.3 Å². The predicted octanol–water partition coefficient (Wildman–Crippen LogP) is 2.39.